The first-order valence-electron chi connectivity index (χ1n) is 8.37. The van der Waals surface area contributed by atoms with Gasteiger partial charge in [0.2, 0.25) is 0 Å². The van der Waals surface area contributed by atoms with Crippen LogP contribution in [0.25, 0.3) is 0 Å². The Balaban J connectivity index is 2.38. The summed E-state index contributed by atoms with van der Waals surface area (Å²) in [7, 11) is 4.36. The fourth-order valence-electron chi connectivity index (χ4n) is 2.82. The lowest BCUT2D eigenvalue weighted by Crippen LogP contribution is -2.45. The minimum Gasteiger partial charge on any atom is -0.465 e. The molecule has 1 saturated heterocycles. The molecule has 0 aliphatic carbocycles. The van der Waals surface area contributed by atoms with Crippen LogP contribution in [0, 0.1) is 0 Å². The molecule has 1 atom stereocenters. The van der Waals surface area contributed by atoms with E-state index in [4.69, 9.17) is 4.74 Å². The Kier molecular flexibility index (Phi) is 8.88. The summed E-state index contributed by atoms with van der Waals surface area (Å²) in [4.78, 5) is 16.8. The van der Waals surface area contributed by atoms with E-state index in [9.17, 15) is 4.79 Å². The van der Waals surface area contributed by atoms with E-state index >= 15 is 0 Å². The Hall–Kier alpha value is -0.650. The number of nitrogens with one attached hydrogen (secondary N) is 1. The van der Waals surface area contributed by atoms with Crippen LogP contribution in [-0.2, 0) is 9.53 Å². The maximum Gasteiger partial charge on any atom is 0.323 e. The zero-order chi connectivity index (χ0) is 15.7. The highest BCUT2D eigenvalue weighted by atomic mass is 16.5. The van der Waals surface area contributed by atoms with Gasteiger partial charge in [-0.15, -0.1) is 0 Å². The third-order valence-corrected chi connectivity index (χ3v) is 4.29. The quantitative estimate of drug-likeness (QED) is 0.651. The van der Waals surface area contributed by atoms with Gasteiger partial charge in [-0.2, -0.15) is 0 Å². The topological polar surface area (TPSA) is 44.8 Å². The monoisotopic (exact) mass is 299 g/mol. The van der Waals surface area contributed by atoms with Crippen LogP contribution in [-0.4, -0.2) is 74.7 Å². The molecule has 0 aromatic rings. The number of ether oxygens (including phenoxy) is 1. The van der Waals surface area contributed by atoms with Crippen molar-refractivity contribution in [3.63, 3.8) is 0 Å². The third-order valence-electron chi connectivity index (χ3n) is 4.29. The second kappa shape index (κ2) is 10.1. The van der Waals surface area contributed by atoms with Gasteiger partial charge in [-0.25, -0.2) is 0 Å². The van der Waals surface area contributed by atoms with Crippen LogP contribution in [0.3, 0.4) is 0 Å². The molecular formula is C16H33N3O2. The predicted molar refractivity (Wildman–Crippen MR) is 86.5 cm³/mol. The Labute approximate surface area is 130 Å². The average Bonchev–Trinajstić information content (AvgIpc) is 2.48. The number of hydrogen-bond acceptors (Lipinski definition) is 5. The maximum atomic E-state index is 12.0. The fourth-order valence-corrected chi connectivity index (χ4v) is 2.82. The van der Waals surface area contributed by atoms with Crippen LogP contribution in [0.2, 0.25) is 0 Å². The van der Waals surface area contributed by atoms with E-state index < -0.39 is 0 Å². The zero-order valence-electron chi connectivity index (χ0n) is 14.2. The fraction of sp³-hybridized carbons (Fsp3) is 0.938. The maximum absolute atomic E-state index is 12.0. The molecule has 1 unspecified atom stereocenters. The summed E-state index contributed by atoms with van der Waals surface area (Å²) in [5.41, 5.74) is 0. The van der Waals surface area contributed by atoms with Crippen LogP contribution in [0.15, 0.2) is 0 Å². The van der Waals surface area contributed by atoms with Gasteiger partial charge in [0, 0.05) is 12.6 Å². The van der Waals surface area contributed by atoms with Gasteiger partial charge in [-0.1, -0.05) is 6.92 Å². The molecule has 21 heavy (non-hydrogen) atoms. The molecular weight excluding hydrogens is 266 g/mol. The Morgan fingerprint density at radius 2 is 2.05 bits per heavy atom. The molecule has 0 spiro atoms. The SMILES string of the molecule is CCCNC(CCN(C)C1CCN(C)CC1)C(=O)OCC. The molecule has 0 saturated carbocycles. The first kappa shape index (κ1) is 18.4. The second-order valence-electron chi connectivity index (χ2n) is 6.06. The normalized spacial score (nSPS) is 18.9. The van der Waals surface area contributed by atoms with Gasteiger partial charge in [0.1, 0.15) is 6.04 Å². The lowest BCUT2D eigenvalue weighted by molar-refractivity contribution is -0.146. The first-order chi connectivity index (χ1) is 10.1. The third kappa shape index (κ3) is 6.76. The minimum absolute atomic E-state index is 0.109. The van der Waals surface area contributed by atoms with Gasteiger partial charge in [0.15, 0.2) is 0 Å². The number of hydrogen-bond donors (Lipinski definition) is 1. The summed E-state index contributed by atoms with van der Waals surface area (Å²) in [5, 5.41) is 3.31. The molecule has 5 nitrogen and oxygen atoms in total. The number of nitrogens with zero attached hydrogens (tertiary/aromatic N) is 2. The van der Waals surface area contributed by atoms with Crippen molar-refractivity contribution in [2.45, 2.75) is 51.6 Å². The van der Waals surface area contributed by atoms with E-state index in [1.165, 1.54) is 25.9 Å². The minimum atomic E-state index is -0.168. The molecule has 124 valence electrons. The molecule has 0 aromatic carbocycles. The molecule has 1 heterocycles. The molecule has 1 aliphatic heterocycles. The first-order valence-corrected chi connectivity index (χ1v) is 8.37. The van der Waals surface area contributed by atoms with Crippen molar-refractivity contribution < 1.29 is 9.53 Å². The summed E-state index contributed by atoms with van der Waals surface area (Å²) in [6, 6.07) is 0.480. The van der Waals surface area contributed by atoms with Crippen LogP contribution in [0.5, 0.6) is 0 Å². The highest BCUT2D eigenvalue weighted by molar-refractivity contribution is 5.75. The van der Waals surface area contributed by atoms with E-state index in [1.54, 1.807) is 0 Å². The molecule has 0 bridgehead atoms. The van der Waals surface area contributed by atoms with E-state index in [2.05, 4.69) is 36.1 Å². The summed E-state index contributed by atoms with van der Waals surface area (Å²) >= 11 is 0. The Morgan fingerprint density at radius 1 is 1.38 bits per heavy atom. The van der Waals surface area contributed by atoms with E-state index in [0.29, 0.717) is 12.6 Å². The van der Waals surface area contributed by atoms with Crippen molar-refractivity contribution in [1.29, 1.82) is 0 Å². The van der Waals surface area contributed by atoms with Crippen molar-refractivity contribution in [2.24, 2.45) is 0 Å². The number of esters is 1. The molecule has 1 rings (SSSR count). The van der Waals surface area contributed by atoms with Crippen molar-refractivity contribution in [3.05, 3.63) is 0 Å². The van der Waals surface area contributed by atoms with Gasteiger partial charge < -0.3 is 19.9 Å². The molecule has 0 aromatic heterocycles. The van der Waals surface area contributed by atoms with Gasteiger partial charge in [0.05, 0.1) is 6.61 Å². The lowest BCUT2D eigenvalue weighted by Gasteiger charge is -2.35. The summed E-state index contributed by atoms with van der Waals surface area (Å²) < 4.78 is 5.17. The number of carbonyl (C=O) groups is 1. The number of rotatable bonds is 9. The second-order valence-corrected chi connectivity index (χ2v) is 6.06. The smallest absolute Gasteiger partial charge is 0.323 e. The molecule has 1 aliphatic rings. The van der Waals surface area contributed by atoms with Gasteiger partial charge in [0.25, 0.3) is 0 Å². The largest absolute Gasteiger partial charge is 0.465 e. The zero-order valence-corrected chi connectivity index (χ0v) is 14.2. The average molecular weight is 299 g/mol. The van der Waals surface area contributed by atoms with Crippen molar-refractivity contribution in [3.8, 4) is 0 Å². The van der Waals surface area contributed by atoms with Crippen LogP contribution in [0.4, 0.5) is 0 Å². The summed E-state index contributed by atoms with van der Waals surface area (Å²) in [6.45, 7) is 8.57. The van der Waals surface area contributed by atoms with Crippen molar-refractivity contribution in [2.75, 3.05) is 46.9 Å². The number of piperidine rings is 1. The summed E-state index contributed by atoms with van der Waals surface area (Å²) in [6.07, 6.45) is 4.29. The number of carbonyl (C=O) groups excluding carboxylic acids is 1. The number of likely N-dealkylation sites (tertiary alicyclic amines) is 1. The highest BCUT2D eigenvalue weighted by Gasteiger charge is 2.23. The van der Waals surface area contributed by atoms with Gasteiger partial charge in [-0.05, 0) is 66.3 Å². The van der Waals surface area contributed by atoms with Crippen LogP contribution in [0.1, 0.15) is 39.5 Å². The Bertz CT molecular complexity index is 291. The van der Waals surface area contributed by atoms with E-state index in [-0.39, 0.29) is 12.0 Å². The molecule has 0 radical (unpaired) electrons. The van der Waals surface area contributed by atoms with Crippen molar-refractivity contribution in [1.82, 2.24) is 15.1 Å². The molecule has 0 amide bonds. The standard InChI is InChI=1S/C16H33N3O2/c1-5-10-17-15(16(20)21-6-2)9-13-19(4)14-7-11-18(3)12-8-14/h14-15,17H,5-13H2,1-4H3. The predicted octanol–water partition coefficient (Wildman–Crippen LogP) is 1.33. The van der Waals surface area contributed by atoms with E-state index in [1.807, 2.05) is 6.92 Å². The Morgan fingerprint density at radius 3 is 2.62 bits per heavy atom. The molecule has 1 N–H and O–H groups in total. The molecule has 5 heteroatoms. The molecule has 1 fully saturated rings. The van der Waals surface area contributed by atoms with Crippen LogP contribution >= 0.6 is 0 Å². The van der Waals surface area contributed by atoms with Gasteiger partial charge in [-0.3, -0.25) is 4.79 Å². The van der Waals surface area contributed by atoms with Crippen molar-refractivity contribution >= 4 is 5.97 Å². The summed E-state index contributed by atoms with van der Waals surface area (Å²) in [5.74, 6) is -0.109. The van der Waals surface area contributed by atoms with Gasteiger partial charge >= 0.3 is 5.97 Å². The lowest BCUT2D eigenvalue weighted by atomic mass is 10.0. The van der Waals surface area contributed by atoms with E-state index in [0.717, 1.165) is 25.9 Å². The van der Waals surface area contributed by atoms with Crippen LogP contribution < -0.4 is 5.32 Å². The highest BCUT2D eigenvalue weighted by Crippen LogP contribution is 2.14.